The minimum Gasteiger partial charge on any atom is -0.379 e. The quantitative estimate of drug-likeness (QED) is 0.0558. The van der Waals surface area contributed by atoms with Gasteiger partial charge in [0.15, 0.2) is 57.9 Å². The molecule has 0 spiro atoms. The van der Waals surface area contributed by atoms with Crippen molar-refractivity contribution in [2.45, 2.75) is 0 Å². The lowest BCUT2D eigenvalue weighted by Gasteiger charge is -2.14. The van der Waals surface area contributed by atoms with Gasteiger partial charge in [-0.15, -0.1) is 10.2 Å². The average molecular weight is 651 g/mol. The second-order valence-corrected chi connectivity index (χ2v) is 10.0. The summed E-state index contributed by atoms with van der Waals surface area (Å²) in [7, 11) is 7.15. The van der Waals surface area contributed by atoms with Crippen LogP contribution in [0.4, 0.5) is 80.6 Å². The second kappa shape index (κ2) is 14.2. The van der Waals surface area contributed by atoms with Crippen LogP contribution in [0, 0.1) is 46.5 Å². The molecule has 0 amide bonds. The van der Waals surface area contributed by atoms with Crippen LogP contribution in [0.3, 0.4) is 0 Å². The van der Waals surface area contributed by atoms with E-state index in [1.807, 2.05) is 0 Å². The second-order valence-electron chi connectivity index (χ2n) is 10.0. The van der Waals surface area contributed by atoms with Gasteiger partial charge in [-0.3, -0.25) is 0 Å². The molecule has 2 N–H and O–H groups in total. The summed E-state index contributed by atoms with van der Waals surface area (Å²) in [4.78, 5) is 3.57. The van der Waals surface area contributed by atoms with E-state index in [1.165, 1.54) is 24.3 Å². The summed E-state index contributed by atoms with van der Waals surface area (Å²) in [6.07, 6.45) is 0. The van der Waals surface area contributed by atoms with Crippen LogP contribution in [0.15, 0.2) is 69.0 Å². The molecule has 0 unspecified atom stereocenters. The van der Waals surface area contributed by atoms with Crippen LogP contribution >= 0.6 is 0 Å². The highest BCUT2D eigenvalue weighted by Crippen LogP contribution is 2.37. The van der Waals surface area contributed by atoms with E-state index in [9.17, 15) is 35.1 Å². The van der Waals surface area contributed by atoms with Crippen molar-refractivity contribution in [2.24, 2.45) is 20.5 Å². The molecule has 242 valence electrons. The first-order valence-electron chi connectivity index (χ1n) is 13.4. The molecule has 0 aromatic heterocycles. The van der Waals surface area contributed by atoms with E-state index in [2.05, 4.69) is 31.1 Å². The van der Waals surface area contributed by atoms with E-state index < -0.39 is 82.4 Å². The number of nitrogens with one attached hydrogen (secondary N) is 2. The van der Waals surface area contributed by atoms with Gasteiger partial charge in [-0.2, -0.15) is 10.2 Å². The lowest BCUT2D eigenvalue weighted by atomic mass is 10.2. The van der Waals surface area contributed by atoms with Gasteiger partial charge >= 0.3 is 0 Å². The molecule has 8 nitrogen and oxygen atoms in total. The molecule has 0 fully saturated rings. The predicted octanol–water partition coefficient (Wildman–Crippen LogP) is 9.29. The summed E-state index contributed by atoms with van der Waals surface area (Å²) in [5.41, 5.74) is -2.64. The van der Waals surface area contributed by atoms with Crippen molar-refractivity contribution in [2.75, 3.05) is 61.7 Å². The van der Waals surface area contributed by atoms with Crippen LogP contribution in [0.2, 0.25) is 0 Å². The van der Waals surface area contributed by atoms with Gasteiger partial charge < -0.3 is 20.4 Å². The molecule has 0 aliphatic heterocycles. The molecule has 0 saturated heterocycles. The lowest BCUT2D eigenvalue weighted by Crippen LogP contribution is -2.18. The molecular formula is C30H26F8N8. The van der Waals surface area contributed by atoms with Gasteiger partial charge in [0.25, 0.3) is 0 Å². The Kier molecular flexibility index (Phi) is 10.4. The van der Waals surface area contributed by atoms with E-state index in [0.717, 1.165) is 11.4 Å². The minimum absolute atomic E-state index is 0.153. The fraction of sp³-hybridized carbons (Fsp3) is 0.200. The van der Waals surface area contributed by atoms with Crippen LogP contribution in [0.5, 0.6) is 0 Å². The maximum Gasteiger partial charge on any atom is 0.199 e. The van der Waals surface area contributed by atoms with E-state index in [0.29, 0.717) is 0 Å². The van der Waals surface area contributed by atoms with Crippen LogP contribution < -0.4 is 20.4 Å². The van der Waals surface area contributed by atoms with Gasteiger partial charge in [-0.05, 0) is 48.5 Å². The molecule has 0 heterocycles. The number of hydrogen-bond acceptors (Lipinski definition) is 8. The van der Waals surface area contributed by atoms with E-state index in [1.54, 1.807) is 62.3 Å². The molecule has 4 rings (SSSR count). The van der Waals surface area contributed by atoms with Gasteiger partial charge in [0.2, 0.25) is 0 Å². The van der Waals surface area contributed by atoms with Gasteiger partial charge in [-0.25, -0.2) is 35.1 Å². The Morgan fingerprint density at radius 3 is 1.22 bits per heavy atom. The van der Waals surface area contributed by atoms with E-state index >= 15 is 0 Å². The maximum atomic E-state index is 14.7. The molecule has 4 aromatic rings. The monoisotopic (exact) mass is 650 g/mol. The van der Waals surface area contributed by atoms with Crippen molar-refractivity contribution < 1.29 is 35.1 Å². The van der Waals surface area contributed by atoms with Crippen molar-refractivity contribution in [3.05, 3.63) is 95.1 Å². The van der Waals surface area contributed by atoms with Gasteiger partial charge in [0, 0.05) is 52.7 Å². The first-order chi connectivity index (χ1) is 21.8. The first kappa shape index (κ1) is 33.6. The lowest BCUT2D eigenvalue weighted by molar-refractivity contribution is 0.412. The van der Waals surface area contributed by atoms with Crippen molar-refractivity contribution >= 4 is 45.5 Å². The number of benzene rings is 4. The summed E-state index contributed by atoms with van der Waals surface area (Å²) in [5, 5.41) is 18.5. The van der Waals surface area contributed by atoms with Crippen LogP contribution in [-0.4, -0.2) is 41.3 Å². The highest BCUT2D eigenvalue weighted by atomic mass is 19.2. The summed E-state index contributed by atoms with van der Waals surface area (Å²) >= 11 is 0. The fourth-order valence-corrected chi connectivity index (χ4v) is 3.96. The van der Waals surface area contributed by atoms with Crippen LogP contribution in [0.1, 0.15) is 0 Å². The third kappa shape index (κ3) is 7.16. The molecule has 16 heteroatoms. The van der Waals surface area contributed by atoms with Crippen molar-refractivity contribution in [1.29, 1.82) is 0 Å². The fourth-order valence-electron chi connectivity index (χ4n) is 3.96. The van der Waals surface area contributed by atoms with Crippen molar-refractivity contribution in [3.8, 4) is 0 Å². The Hall–Kier alpha value is -5.28. The van der Waals surface area contributed by atoms with Crippen LogP contribution in [0.25, 0.3) is 0 Å². The average Bonchev–Trinajstić information content (AvgIpc) is 3.04. The normalized spacial score (nSPS) is 11.5. The Bertz CT molecular complexity index is 1750. The zero-order valence-electron chi connectivity index (χ0n) is 24.7. The molecule has 0 bridgehead atoms. The summed E-state index contributed by atoms with van der Waals surface area (Å²) in [5.74, 6) is -15.4. The third-order valence-electron chi connectivity index (χ3n) is 6.47. The van der Waals surface area contributed by atoms with Gasteiger partial charge in [-0.1, -0.05) is 0 Å². The number of nitrogens with zero attached hydrogens (tertiary/aromatic N) is 6. The number of anilines is 4. The number of halogens is 8. The zero-order valence-corrected chi connectivity index (χ0v) is 24.7. The molecule has 0 atom stereocenters. The van der Waals surface area contributed by atoms with Crippen LogP contribution in [-0.2, 0) is 0 Å². The highest BCUT2D eigenvalue weighted by Gasteiger charge is 2.27. The van der Waals surface area contributed by atoms with Crippen molar-refractivity contribution in [3.63, 3.8) is 0 Å². The molecule has 0 aliphatic rings. The van der Waals surface area contributed by atoms with E-state index in [4.69, 9.17) is 0 Å². The Morgan fingerprint density at radius 2 is 0.783 bits per heavy atom. The maximum absolute atomic E-state index is 14.7. The van der Waals surface area contributed by atoms with Gasteiger partial charge in [0.05, 0.1) is 11.4 Å². The minimum atomic E-state index is -2.15. The third-order valence-corrected chi connectivity index (χ3v) is 6.47. The summed E-state index contributed by atoms with van der Waals surface area (Å²) in [6, 6.07) is 12.5. The van der Waals surface area contributed by atoms with E-state index in [-0.39, 0.29) is 11.4 Å². The van der Waals surface area contributed by atoms with Crippen molar-refractivity contribution in [1.82, 2.24) is 0 Å². The molecule has 0 saturated carbocycles. The molecule has 0 aliphatic carbocycles. The molecule has 4 aromatic carbocycles. The Balaban J connectivity index is 1.51. The Morgan fingerprint density at radius 1 is 0.435 bits per heavy atom. The predicted molar refractivity (Wildman–Crippen MR) is 159 cm³/mol. The SMILES string of the molecule is CN(C)c1ccc(N=Nc2c(F)c(F)c(NCCNc3c(F)c(F)c(F)c(F)c3N=Nc3ccc(N(C)C)cc3)c(F)c2F)cc1. The summed E-state index contributed by atoms with van der Waals surface area (Å²) < 4.78 is 116. The standard InChI is InChI=1S/C30H26F8N8/c1-45(2)17-9-5-15(6-10-17)41-43-28-25(37)23(35)27(24(36)26(28)38)39-13-14-40-29-21(33)19(31)20(32)22(34)30(29)44-42-16-7-11-18(12-8-16)46(3)4/h5-12,39-40H,13-14H2,1-4H3. The topological polar surface area (TPSA) is 80.0 Å². The number of azo groups is 2. The van der Waals surface area contributed by atoms with Gasteiger partial charge in [0.1, 0.15) is 11.4 Å². The molecule has 46 heavy (non-hydrogen) atoms. The summed E-state index contributed by atoms with van der Waals surface area (Å²) in [6.45, 7) is -1.12. The molecular weight excluding hydrogens is 624 g/mol. The largest absolute Gasteiger partial charge is 0.379 e. The first-order valence-corrected chi connectivity index (χ1v) is 13.4. The zero-order chi connectivity index (χ0) is 33.7. The molecule has 0 radical (unpaired) electrons. The number of hydrogen-bond donors (Lipinski definition) is 2. The number of rotatable bonds is 11. The smallest absolute Gasteiger partial charge is 0.199 e. The highest BCUT2D eigenvalue weighted by molar-refractivity contribution is 5.68. The Labute approximate surface area is 258 Å².